The molecule has 0 radical (unpaired) electrons. The molecule has 7 nitrogen and oxygen atoms in total. The monoisotopic (exact) mass is 314 g/mol. The maximum atomic E-state index is 11.9. The number of hydrogen-bond acceptors (Lipinski definition) is 5. The van der Waals surface area contributed by atoms with E-state index in [4.69, 9.17) is 14.6 Å². The molecule has 1 unspecified atom stereocenters. The maximum absolute atomic E-state index is 11.9. The Bertz CT molecular complexity index is 623. The Hall–Kier alpha value is -1.64. The molecule has 1 heterocycles. The molecule has 8 heteroatoms. The van der Waals surface area contributed by atoms with Crippen LogP contribution in [-0.4, -0.2) is 33.6 Å². The number of nitrogens with two attached hydrogens (primary N) is 1. The molecule has 21 heavy (non-hydrogen) atoms. The fraction of sp³-hybridized carbons (Fsp3) is 0.462. The molecule has 1 aromatic rings. The van der Waals surface area contributed by atoms with Crippen molar-refractivity contribution < 1.29 is 22.7 Å². The molecule has 0 saturated carbocycles. The Morgan fingerprint density at radius 3 is 2.86 bits per heavy atom. The Kier molecular flexibility index (Phi) is 4.81. The van der Waals surface area contributed by atoms with Crippen LogP contribution < -0.4 is 15.2 Å². The van der Waals surface area contributed by atoms with Crippen LogP contribution in [0.1, 0.15) is 19.8 Å². The van der Waals surface area contributed by atoms with Gasteiger partial charge < -0.3 is 14.8 Å². The largest absolute Gasteiger partial charge is 0.492 e. The number of benzene rings is 1. The van der Waals surface area contributed by atoms with Gasteiger partial charge in [0.05, 0.1) is 6.61 Å². The van der Waals surface area contributed by atoms with E-state index in [9.17, 15) is 13.2 Å². The summed E-state index contributed by atoms with van der Waals surface area (Å²) in [4.78, 5) is 11.8. The minimum Gasteiger partial charge on any atom is -0.492 e. The summed E-state index contributed by atoms with van der Waals surface area (Å²) >= 11 is 0. The van der Waals surface area contributed by atoms with E-state index in [1.165, 1.54) is 12.1 Å². The van der Waals surface area contributed by atoms with E-state index < -0.39 is 16.1 Å². The van der Waals surface area contributed by atoms with Crippen LogP contribution >= 0.6 is 0 Å². The Morgan fingerprint density at radius 2 is 2.29 bits per heavy atom. The molecule has 0 spiro atoms. The van der Waals surface area contributed by atoms with E-state index in [-0.39, 0.29) is 16.6 Å². The lowest BCUT2D eigenvalue weighted by Gasteiger charge is -2.13. The van der Waals surface area contributed by atoms with Gasteiger partial charge >= 0.3 is 0 Å². The van der Waals surface area contributed by atoms with Gasteiger partial charge in [-0.05, 0) is 38.0 Å². The van der Waals surface area contributed by atoms with Crippen LogP contribution in [0, 0.1) is 0 Å². The number of primary sulfonamides is 1. The standard InChI is InChI=1S/C13H18N2O5S/c1-2-19-10-6-5-9(8-12(10)21(14,17)18)15-13(16)11-4-3-7-20-11/h5-6,8,11H,2-4,7H2,1H3,(H,15,16)(H2,14,17,18). The van der Waals surface area contributed by atoms with Crippen LogP contribution in [0.15, 0.2) is 23.1 Å². The first kappa shape index (κ1) is 15.7. The summed E-state index contributed by atoms with van der Waals surface area (Å²) in [5.74, 6) is -0.132. The van der Waals surface area contributed by atoms with Crippen molar-refractivity contribution in [2.75, 3.05) is 18.5 Å². The molecule has 116 valence electrons. The second-order valence-corrected chi connectivity index (χ2v) is 6.16. The molecule has 0 aromatic heterocycles. The average Bonchev–Trinajstić information content (AvgIpc) is 2.93. The molecule has 1 aliphatic heterocycles. The molecular weight excluding hydrogens is 296 g/mol. The van der Waals surface area contributed by atoms with E-state index >= 15 is 0 Å². The minimum atomic E-state index is -3.94. The van der Waals surface area contributed by atoms with Gasteiger partial charge in [0.1, 0.15) is 16.7 Å². The topological polar surface area (TPSA) is 108 Å². The number of rotatable bonds is 5. The minimum absolute atomic E-state index is 0.158. The SMILES string of the molecule is CCOc1ccc(NC(=O)C2CCCO2)cc1S(N)(=O)=O. The third-order valence-corrected chi connectivity index (χ3v) is 3.97. The quantitative estimate of drug-likeness (QED) is 0.837. The fourth-order valence-corrected chi connectivity index (χ4v) is 2.79. The van der Waals surface area contributed by atoms with Crippen molar-refractivity contribution in [2.24, 2.45) is 5.14 Å². The van der Waals surface area contributed by atoms with E-state index in [2.05, 4.69) is 5.32 Å². The molecule has 1 aliphatic rings. The highest BCUT2D eigenvalue weighted by Gasteiger charge is 2.24. The summed E-state index contributed by atoms with van der Waals surface area (Å²) in [6.07, 6.45) is 1.00. The lowest BCUT2D eigenvalue weighted by Crippen LogP contribution is -2.27. The van der Waals surface area contributed by atoms with Crippen LogP contribution in [0.5, 0.6) is 5.75 Å². The van der Waals surface area contributed by atoms with Gasteiger partial charge in [0.25, 0.3) is 5.91 Å². The van der Waals surface area contributed by atoms with Crippen molar-refractivity contribution in [2.45, 2.75) is 30.8 Å². The van der Waals surface area contributed by atoms with Crippen LogP contribution in [0.4, 0.5) is 5.69 Å². The van der Waals surface area contributed by atoms with Gasteiger partial charge in [-0.15, -0.1) is 0 Å². The zero-order valence-corrected chi connectivity index (χ0v) is 12.5. The first-order valence-corrected chi connectivity index (χ1v) is 8.18. The Morgan fingerprint density at radius 1 is 1.52 bits per heavy atom. The van der Waals surface area contributed by atoms with Crippen molar-refractivity contribution in [3.8, 4) is 5.75 Å². The van der Waals surface area contributed by atoms with Gasteiger partial charge in [-0.1, -0.05) is 0 Å². The van der Waals surface area contributed by atoms with Crippen molar-refractivity contribution >= 4 is 21.6 Å². The molecule has 1 saturated heterocycles. The molecule has 3 N–H and O–H groups in total. The fourth-order valence-electron chi connectivity index (χ4n) is 2.09. The van der Waals surface area contributed by atoms with Crippen molar-refractivity contribution in [3.63, 3.8) is 0 Å². The molecule has 0 aliphatic carbocycles. The molecule has 0 bridgehead atoms. The number of amides is 1. The highest BCUT2D eigenvalue weighted by Crippen LogP contribution is 2.27. The molecule has 1 atom stereocenters. The third-order valence-electron chi connectivity index (χ3n) is 3.04. The number of nitrogens with one attached hydrogen (secondary N) is 1. The number of ether oxygens (including phenoxy) is 2. The molecular formula is C13H18N2O5S. The number of anilines is 1. The van der Waals surface area contributed by atoms with E-state index in [1.807, 2.05) is 0 Å². The predicted molar refractivity (Wildman–Crippen MR) is 76.6 cm³/mol. The van der Waals surface area contributed by atoms with Crippen molar-refractivity contribution in [3.05, 3.63) is 18.2 Å². The van der Waals surface area contributed by atoms with E-state index in [0.717, 1.165) is 6.42 Å². The van der Waals surface area contributed by atoms with E-state index in [0.29, 0.717) is 25.3 Å². The van der Waals surface area contributed by atoms with Gasteiger partial charge in [0.15, 0.2) is 0 Å². The van der Waals surface area contributed by atoms with Crippen molar-refractivity contribution in [1.82, 2.24) is 0 Å². The normalized spacial score (nSPS) is 18.5. The molecule has 1 aromatic carbocycles. The highest BCUT2D eigenvalue weighted by atomic mass is 32.2. The lowest BCUT2D eigenvalue weighted by atomic mass is 10.2. The van der Waals surface area contributed by atoms with Gasteiger partial charge in [0.2, 0.25) is 10.0 Å². The second kappa shape index (κ2) is 6.42. The highest BCUT2D eigenvalue weighted by molar-refractivity contribution is 7.89. The zero-order valence-electron chi connectivity index (χ0n) is 11.7. The van der Waals surface area contributed by atoms with Crippen LogP contribution in [0.2, 0.25) is 0 Å². The number of carbonyl (C=O) groups is 1. The summed E-state index contributed by atoms with van der Waals surface area (Å²) in [7, 11) is -3.94. The molecule has 1 fully saturated rings. The van der Waals surface area contributed by atoms with Crippen LogP contribution in [-0.2, 0) is 19.6 Å². The zero-order chi connectivity index (χ0) is 15.5. The molecule has 2 rings (SSSR count). The maximum Gasteiger partial charge on any atom is 0.253 e. The predicted octanol–water partition coefficient (Wildman–Crippen LogP) is 0.850. The number of carbonyl (C=O) groups excluding carboxylic acids is 1. The van der Waals surface area contributed by atoms with E-state index in [1.54, 1.807) is 13.0 Å². The summed E-state index contributed by atoms with van der Waals surface area (Å²) in [6, 6.07) is 4.31. The van der Waals surface area contributed by atoms with Crippen molar-refractivity contribution in [1.29, 1.82) is 0 Å². The number of hydrogen-bond donors (Lipinski definition) is 2. The third kappa shape index (κ3) is 3.93. The Balaban J connectivity index is 2.23. The summed E-state index contributed by atoms with van der Waals surface area (Å²) in [6.45, 7) is 2.61. The molecule has 1 amide bonds. The lowest BCUT2D eigenvalue weighted by molar-refractivity contribution is -0.124. The summed E-state index contributed by atoms with van der Waals surface area (Å²) < 4.78 is 33.7. The summed E-state index contributed by atoms with van der Waals surface area (Å²) in [5.41, 5.74) is 0.336. The van der Waals surface area contributed by atoms with Gasteiger partial charge in [-0.2, -0.15) is 0 Å². The van der Waals surface area contributed by atoms with Crippen LogP contribution in [0.25, 0.3) is 0 Å². The summed E-state index contributed by atoms with van der Waals surface area (Å²) in [5, 5.41) is 7.79. The van der Waals surface area contributed by atoms with Crippen LogP contribution in [0.3, 0.4) is 0 Å². The average molecular weight is 314 g/mol. The first-order valence-electron chi connectivity index (χ1n) is 6.64. The van der Waals surface area contributed by atoms with Gasteiger partial charge in [-0.25, -0.2) is 13.6 Å². The van der Waals surface area contributed by atoms with Gasteiger partial charge in [-0.3, -0.25) is 4.79 Å². The van der Waals surface area contributed by atoms with Gasteiger partial charge in [0, 0.05) is 12.3 Å². The second-order valence-electron chi connectivity index (χ2n) is 4.63. The number of sulfonamides is 1. The Labute approximate surface area is 123 Å². The first-order chi connectivity index (χ1) is 9.91. The smallest absolute Gasteiger partial charge is 0.253 e.